The quantitative estimate of drug-likeness (QED) is 0.643. The second-order valence-electron chi connectivity index (χ2n) is 3.00. The van der Waals surface area contributed by atoms with Gasteiger partial charge in [0.25, 0.3) is 0 Å². The Bertz CT molecular complexity index is 440. The highest BCUT2D eigenvalue weighted by Gasteiger charge is 2.03. The average molecular weight is 188 g/mol. The largest absolute Gasteiger partial charge is 0.265 e. The summed E-state index contributed by atoms with van der Waals surface area (Å²) in [4.78, 5) is 7.69. The normalized spacial score (nSPS) is 10.1. The van der Waals surface area contributed by atoms with E-state index in [1.807, 2.05) is 12.1 Å². The highest BCUT2D eigenvalue weighted by Crippen LogP contribution is 2.20. The van der Waals surface area contributed by atoms with E-state index in [0.29, 0.717) is 5.69 Å². The summed E-state index contributed by atoms with van der Waals surface area (Å²) in [5.74, 6) is -0.444. The SMILES string of the molecule is Cc1nc(F)ccc1-c1ccncc1. The third-order valence-corrected chi connectivity index (χ3v) is 2.04. The molecule has 0 spiro atoms. The smallest absolute Gasteiger partial charge is 0.213 e. The molecule has 0 saturated carbocycles. The van der Waals surface area contributed by atoms with Gasteiger partial charge in [0.05, 0.1) is 0 Å². The summed E-state index contributed by atoms with van der Waals surface area (Å²) < 4.78 is 12.7. The lowest BCUT2D eigenvalue weighted by molar-refractivity contribution is 0.580. The van der Waals surface area contributed by atoms with Crippen LogP contribution in [0.25, 0.3) is 11.1 Å². The Balaban J connectivity index is 2.53. The zero-order valence-corrected chi connectivity index (χ0v) is 7.74. The van der Waals surface area contributed by atoms with Crippen molar-refractivity contribution >= 4 is 0 Å². The van der Waals surface area contributed by atoms with Crippen LogP contribution in [-0.2, 0) is 0 Å². The van der Waals surface area contributed by atoms with Crippen LogP contribution in [0.3, 0.4) is 0 Å². The second kappa shape index (κ2) is 3.54. The van der Waals surface area contributed by atoms with Crippen LogP contribution >= 0.6 is 0 Å². The molecule has 14 heavy (non-hydrogen) atoms. The molecule has 70 valence electrons. The molecule has 2 aromatic rings. The van der Waals surface area contributed by atoms with Crippen molar-refractivity contribution in [2.75, 3.05) is 0 Å². The Hall–Kier alpha value is -1.77. The predicted molar refractivity (Wildman–Crippen MR) is 52.2 cm³/mol. The molecule has 2 rings (SSSR count). The highest BCUT2D eigenvalue weighted by molar-refractivity contribution is 5.64. The number of nitrogens with zero attached hydrogens (tertiary/aromatic N) is 2. The molecule has 2 aromatic heterocycles. The van der Waals surface area contributed by atoms with Gasteiger partial charge in [0.2, 0.25) is 5.95 Å². The summed E-state index contributed by atoms with van der Waals surface area (Å²) in [6.45, 7) is 1.79. The molecule has 0 aliphatic rings. The van der Waals surface area contributed by atoms with Crippen LogP contribution in [-0.4, -0.2) is 9.97 Å². The minimum Gasteiger partial charge on any atom is -0.265 e. The van der Waals surface area contributed by atoms with Crippen molar-refractivity contribution in [2.45, 2.75) is 6.92 Å². The maximum absolute atomic E-state index is 12.7. The fourth-order valence-corrected chi connectivity index (χ4v) is 1.37. The maximum atomic E-state index is 12.7. The molecule has 0 N–H and O–H groups in total. The number of pyridine rings is 2. The van der Waals surface area contributed by atoms with Gasteiger partial charge < -0.3 is 0 Å². The number of aryl methyl sites for hydroxylation is 1. The number of aromatic nitrogens is 2. The molecule has 0 amide bonds. The molecule has 0 aliphatic heterocycles. The molecule has 0 saturated heterocycles. The van der Waals surface area contributed by atoms with E-state index >= 15 is 0 Å². The Morgan fingerprint density at radius 2 is 1.79 bits per heavy atom. The molecule has 0 aliphatic carbocycles. The molecule has 2 heterocycles. The first-order valence-electron chi connectivity index (χ1n) is 4.31. The fraction of sp³-hybridized carbons (Fsp3) is 0.0909. The molecule has 0 fully saturated rings. The number of hydrogen-bond acceptors (Lipinski definition) is 2. The number of rotatable bonds is 1. The fourth-order valence-electron chi connectivity index (χ4n) is 1.37. The van der Waals surface area contributed by atoms with Crippen molar-refractivity contribution in [1.82, 2.24) is 9.97 Å². The van der Waals surface area contributed by atoms with Crippen molar-refractivity contribution in [1.29, 1.82) is 0 Å². The van der Waals surface area contributed by atoms with E-state index in [4.69, 9.17) is 0 Å². The van der Waals surface area contributed by atoms with Gasteiger partial charge in [0.15, 0.2) is 0 Å². The van der Waals surface area contributed by atoms with Gasteiger partial charge in [0, 0.05) is 23.7 Å². The molecule has 2 nitrogen and oxygen atoms in total. The van der Waals surface area contributed by atoms with E-state index in [1.165, 1.54) is 6.07 Å². The zero-order chi connectivity index (χ0) is 9.97. The lowest BCUT2D eigenvalue weighted by Crippen LogP contribution is -1.90. The number of hydrogen-bond donors (Lipinski definition) is 0. The summed E-state index contributed by atoms with van der Waals surface area (Å²) in [5.41, 5.74) is 2.63. The van der Waals surface area contributed by atoms with Gasteiger partial charge in [-0.05, 0) is 36.8 Å². The van der Waals surface area contributed by atoms with Crippen LogP contribution in [0.5, 0.6) is 0 Å². The Kier molecular flexibility index (Phi) is 2.23. The van der Waals surface area contributed by atoms with Gasteiger partial charge in [-0.15, -0.1) is 0 Å². The van der Waals surface area contributed by atoms with Crippen LogP contribution in [0.2, 0.25) is 0 Å². The van der Waals surface area contributed by atoms with Gasteiger partial charge in [-0.25, -0.2) is 4.98 Å². The topological polar surface area (TPSA) is 25.8 Å². The molecular weight excluding hydrogens is 179 g/mol. The monoisotopic (exact) mass is 188 g/mol. The summed E-state index contributed by atoms with van der Waals surface area (Å²) in [5, 5.41) is 0. The van der Waals surface area contributed by atoms with Gasteiger partial charge in [-0.3, -0.25) is 4.98 Å². The minimum absolute atomic E-state index is 0.444. The standard InChI is InChI=1S/C11H9FN2/c1-8-10(2-3-11(12)14-8)9-4-6-13-7-5-9/h2-7H,1H3. The zero-order valence-electron chi connectivity index (χ0n) is 7.74. The van der Waals surface area contributed by atoms with E-state index < -0.39 is 5.95 Å². The molecule has 3 heteroatoms. The first-order valence-corrected chi connectivity index (χ1v) is 4.31. The summed E-state index contributed by atoms with van der Waals surface area (Å²) in [7, 11) is 0. The minimum atomic E-state index is -0.444. The third kappa shape index (κ3) is 1.62. The molecule has 0 atom stereocenters. The van der Waals surface area contributed by atoms with Gasteiger partial charge in [-0.2, -0.15) is 4.39 Å². The molecule has 0 bridgehead atoms. The summed E-state index contributed by atoms with van der Waals surface area (Å²) in [6.07, 6.45) is 3.41. The van der Waals surface area contributed by atoms with Crippen LogP contribution in [0, 0.1) is 12.9 Å². The predicted octanol–water partition coefficient (Wildman–Crippen LogP) is 2.59. The van der Waals surface area contributed by atoms with E-state index in [9.17, 15) is 4.39 Å². The van der Waals surface area contributed by atoms with Crippen LogP contribution in [0.4, 0.5) is 4.39 Å². The molecule has 0 radical (unpaired) electrons. The van der Waals surface area contributed by atoms with Crippen molar-refractivity contribution in [3.8, 4) is 11.1 Å². The highest BCUT2D eigenvalue weighted by atomic mass is 19.1. The lowest BCUT2D eigenvalue weighted by Gasteiger charge is -2.03. The lowest BCUT2D eigenvalue weighted by atomic mass is 10.1. The van der Waals surface area contributed by atoms with Crippen molar-refractivity contribution < 1.29 is 4.39 Å². The third-order valence-electron chi connectivity index (χ3n) is 2.04. The molecule has 0 unspecified atom stereocenters. The Morgan fingerprint density at radius 1 is 1.07 bits per heavy atom. The van der Waals surface area contributed by atoms with E-state index in [2.05, 4.69) is 9.97 Å². The van der Waals surface area contributed by atoms with Crippen molar-refractivity contribution in [2.24, 2.45) is 0 Å². The van der Waals surface area contributed by atoms with Crippen LogP contribution in [0.1, 0.15) is 5.69 Å². The molecular formula is C11H9FN2. The first-order chi connectivity index (χ1) is 6.77. The van der Waals surface area contributed by atoms with Crippen LogP contribution < -0.4 is 0 Å². The Labute approximate surface area is 81.5 Å². The van der Waals surface area contributed by atoms with E-state index in [0.717, 1.165) is 11.1 Å². The van der Waals surface area contributed by atoms with E-state index in [1.54, 1.807) is 25.4 Å². The first kappa shape index (κ1) is 8.81. The van der Waals surface area contributed by atoms with Crippen LogP contribution in [0.15, 0.2) is 36.7 Å². The van der Waals surface area contributed by atoms with Gasteiger partial charge >= 0.3 is 0 Å². The maximum Gasteiger partial charge on any atom is 0.213 e. The molecule has 0 aromatic carbocycles. The summed E-state index contributed by atoms with van der Waals surface area (Å²) in [6, 6.07) is 6.85. The average Bonchev–Trinajstić information content (AvgIpc) is 2.19. The summed E-state index contributed by atoms with van der Waals surface area (Å²) >= 11 is 0. The van der Waals surface area contributed by atoms with Gasteiger partial charge in [0.1, 0.15) is 0 Å². The van der Waals surface area contributed by atoms with Gasteiger partial charge in [-0.1, -0.05) is 0 Å². The van der Waals surface area contributed by atoms with Crippen molar-refractivity contribution in [3.63, 3.8) is 0 Å². The van der Waals surface area contributed by atoms with E-state index in [-0.39, 0.29) is 0 Å². The second-order valence-corrected chi connectivity index (χ2v) is 3.00. The van der Waals surface area contributed by atoms with Crippen molar-refractivity contribution in [3.05, 3.63) is 48.3 Å². The Morgan fingerprint density at radius 3 is 2.43 bits per heavy atom. The number of halogens is 1.